The zero-order chi connectivity index (χ0) is 15.0. The number of aromatic nitrogens is 1. The molecule has 0 aromatic carbocycles. The highest BCUT2D eigenvalue weighted by atomic mass is 35.5. The van der Waals surface area contributed by atoms with E-state index in [1.54, 1.807) is 0 Å². The molecule has 1 aliphatic carbocycles. The summed E-state index contributed by atoms with van der Waals surface area (Å²) in [5.74, 6) is 0.624. The zero-order valence-electron chi connectivity index (χ0n) is 11.5. The van der Waals surface area contributed by atoms with Crippen LogP contribution in [0.25, 0.3) is 0 Å². The van der Waals surface area contributed by atoms with Gasteiger partial charge in [-0.05, 0) is 44.8 Å². The second kappa shape index (κ2) is 5.72. The van der Waals surface area contributed by atoms with E-state index in [9.17, 15) is 8.42 Å². The molecule has 8 heteroatoms. The van der Waals surface area contributed by atoms with Crippen molar-refractivity contribution in [3.63, 3.8) is 0 Å². The van der Waals surface area contributed by atoms with Crippen LogP contribution in [0.2, 0.25) is 5.02 Å². The van der Waals surface area contributed by atoms with Crippen LogP contribution < -0.4 is 10.2 Å². The van der Waals surface area contributed by atoms with Crippen molar-refractivity contribution < 1.29 is 13.0 Å². The second-order valence-electron chi connectivity index (χ2n) is 5.57. The average molecular weight is 332 g/mol. The van der Waals surface area contributed by atoms with E-state index >= 15 is 0 Å². The van der Waals surface area contributed by atoms with Crippen molar-refractivity contribution in [3.8, 4) is 0 Å². The van der Waals surface area contributed by atoms with Crippen LogP contribution in [0.15, 0.2) is 17.2 Å². The highest BCUT2D eigenvalue weighted by molar-refractivity contribution is 7.85. The molecule has 2 aliphatic rings. The second-order valence-corrected chi connectivity index (χ2v) is 7.40. The Hall–Kier alpha value is -0.890. The van der Waals surface area contributed by atoms with Crippen molar-refractivity contribution in [1.82, 2.24) is 10.3 Å². The van der Waals surface area contributed by atoms with E-state index in [4.69, 9.17) is 16.2 Å². The van der Waals surface area contributed by atoms with Gasteiger partial charge in [-0.15, -0.1) is 0 Å². The lowest BCUT2D eigenvalue weighted by Gasteiger charge is -2.36. The van der Waals surface area contributed by atoms with Gasteiger partial charge in [-0.3, -0.25) is 4.55 Å². The molecule has 1 aliphatic heterocycles. The van der Waals surface area contributed by atoms with Gasteiger partial charge in [0.1, 0.15) is 10.7 Å². The topological polar surface area (TPSA) is 82.5 Å². The smallest absolute Gasteiger partial charge is 0.296 e. The quantitative estimate of drug-likeness (QED) is 0.817. The van der Waals surface area contributed by atoms with Crippen molar-refractivity contribution in [2.45, 2.75) is 42.7 Å². The molecule has 0 spiro atoms. The zero-order valence-corrected chi connectivity index (χ0v) is 13.1. The summed E-state index contributed by atoms with van der Waals surface area (Å²) in [7, 11) is -4.27. The molecule has 0 bridgehead atoms. The number of piperidine rings is 1. The Morgan fingerprint density at radius 1 is 1.24 bits per heavy atom. The maximum absolute atomic E-state index is 11.1. The van der Waals surface area contributed by atoms with Gasteiger partial charge in [0.25, 0.3) is 10.1 Å². The summed E-state index contributed by atoms with van der Waals surface area (Å²) in [6, 6.07) is 2.09. The van der Waals surface area contributed by atoms with Crippen molar-refractivity contribution in [1.29, 1.82) is 0 Å². The van der Waals surface area contributed by atoms with Crippen LogP contribution in [0.5, 0.6) is 0 Å². The Bertz CT molecular complexity index is 628. The van der Waals surface area contributed by atoms with Gasteiger partial charge in [-0.2, -0.15) is 8.42 Å². The van der Waals surface area contributed by atoms with Gasteiger partial charge in [0.05, 0.1) is 11.2 Å². The third kappa shape index (κ3) is 3.31. The van der Waals surface area contributed by atoms with Crippen LogP contribution in [0.4, 0.5) is 5.82 Å². The van der Waals surface area contributed by atoms with E-state index in [0.29, 0.717) is 17.9 Å². The minimum atomic E-state index is -4.27. The molecule has 1 aromatic heterocycles. The third-order valence-electron chi connectivity index (χ3n) is 3.98. The fourth-order valence-corrected chi connectivity index (χ4v) is 3.61. The number of halogens is 1. The highest BCUT2D eigenvalue weighted by Crippen LogP contribution is 2.38. The first-order valence-corrected chi connectivity index (χ1v) is 8.90. The number of pyridine rings is 1. The van der Waals surface area contributed by atoms with E-state index in [1.165, 1.54) is 12.3 Å². The van der Waals surface area contributed by atoms with Crippen molar-refractivity contribution in [2.75, 3.05) is 18.0 Å². The number of nitrogens with one attached hydrogen (secondary N) is 1. The third-order valence-corrected chi connectivity index (χ3v) is 5.08. The van der Waals surface area contributed by atoms with E-state index in [1.807, 2.05) is 0 Å². The highest BCUT2D eigenvalue weighted by Gasteiger charge is 2.36. The molecule has 6 nitrogen and oxygen atoms in total. The molecule has 21 heavy (non-hydrogen) atoms. The predicted octanol–water partition coefficient (Wildman–Crippen LogP) is 1.70. The summed E-state index contributed by atoms with van der Waals surface area (Å²) in [5.41, 5.74) is 0. The van der Waals surface area contributed by atoms with Crippen LogP contribution in [0.3, 0.4) is 0 Å². The monoisotopic (exact) mass is 331 g/mol. The lowest BCUT2D eigenvalue weighted by Crippen LogP contribution is -2.45. The lowest BCUT2D eigenvalue weighted by molar-refractivity contribution is 0.425. The molecule has 2 fully saturated rings. The summed E-state index contributed by atoms with van der Waals surface area (Å²) in [6.07, 6.45) is 5.44. The Kier molecular flexibility index (Phi) is 4.09. The van der Waals surface area contributed by atoms with Crippen molar-refractivity contribution >= 4 is 27.5 Å². The van der Waals surface area contributed by atoms with Crippen LogP contribution >= 0.6 is 11.6 Å². The average Bonchev–Trinajstić information content (AvgIpc) is 3.26. The fraction of sp³-hybridized carbons (Fsp3) is 0.615. The summed E-state index contributed by atoms with van der Waals surface area (Å²) in [6.45, 7) is 1.93. The number of nitrogens with zero attached hydrogens (tertiary/aromatic N) is 2. The van der Waals surface area contributed by atoms with Gasteiger partial charge in [0, 0.05) is 12.1 Å². The Morgan fingerprint density at radius 2 is 1.86 bits per heavy atom. The Morgan fingerprint density at radius 3 is 2.38 bits per heavy atom. The summed E-state index contributed by atoms with van der Waals surface area (Å²) >= 11 is 6.23. The summed E-state index contributed by atoms with van der Waals surface area (Å²) < 4.78 is 31.4. The molecular weight excluding hydrogens is 314 g/mol. The lowest BCUT2D eigenvalue weighted by atomic mass is 10.0. The maximum Gasteiger partial charge on any atom is 0.296 e. The molecule has 1 aromatic rings. The van der Waals surface area contributed by atoms with Crippen LogP contribution in [-0.4, -0.2) is 43.1 Å². The minimum Gasteiger partial charge on any atom is -0.349 e. The molecule has 2 heterocycles. The number of hydrogen-bond acceptors (Lipinski definition) is 5. The van der Waals surface area contributed by atoms with E-state index in [2.05, 4.69) is 15.2 Å². The number of anilines is 1. The SMILES string of the molecule is O=S(=O)(O)c1cnc(N(C2CCNCC2)C2CC2)c(Cl)c1. The van der Waals surface area contributed by atoms with Crippen LogP contribution in [0.1, 0.15) is 25.7 Å². The van der Waals surface area contributed by atoms with E-state index < -0.39 is 10.1 Å². The first-order valence-electron chi connectivity index (χ1n) is 7.09. The first-order chi connectivity index (χ1) is 9.97. The normalized spacial score (nSPS) is 20.5. The molecule has 1 saturated carbocycles. The van der Waals surface area contributed by atoms with E-state index in [-0.39, 0.29) is 9.92 Å². The largest absolute Gasteiger partial charge is 0.349 e. The number of hydrogen-bond donors (Lipinski definition) is 2. The van der Waals surface area contributed by atoms with Crippen LogP contribution in [-0.2, 0) is 10.1 Å². The van der Waals surface area contributed by atoms with Gasteiger partial charge < -0.3 is 10.2 Å². The molecule has 116 valence electrons. The molecular formula is C13H18ClN3O3S. The fourth-order valence-electron chi connectivity index (χ4n) is 2.83. The molecule has 2 N–H and O–H groups in total. The maximum atomic E-state index is 11.1. The minimum absolute atomic E-state index is 0.266. The van der Waals surface area contributed by atoms with Gasteiger partial charge in [-0.25, -0.2) is 4.98 Å². The summed E-state index contributed by atoms with van der Waals surface area (Å²) in [4.78, 5) is 6.18. The van der Waals surface area contributed by atoms with Crippen molar-refractivity contribution in [3.05, 3.63) is 17.3 Å². The molecule has 3 rings (SSSR count). The van der Waals surface area contributed by atoms with Gasteiger partial charge in [-0.1, -0.05) is 11.6 Å². The molecule has 0 amide bonds. The van der Waals surface area contributed by atoms with E-state index in [0.717, 1.165) is 38.8 Å². The molecule has 0 radical (unpaired) electrons. The Labute approximate surface area is 129 Å². The first kappa shape index (κ1) is 15.0. The molecule has 0 atom stereocenters. The molecule has 1 saturated heterocycles. The number of rotatable bonds is 4. The Balaban J connectivity index is 1.92. The molecule has 0 unspecified atom stereocenters. The summed E-state index contributed by atoms with van der Waals surface area (Å²) in [5, 5.41) is 3.61. The van der Waals surface area contributed by atoms with Gasteiger partial charge >= 0.3 is 0 Å². The van der Waals surface area contributed by atoms with Gasteiger partial charge in [0.2, 0.25) is 0 Å². The van der Waals surface area contributed by atoms with Gasteiger partial charge in [0.15, 0.2) is 0 Å². The van der Waals surface area contributed by atoms with Crippen molar-refractivity contribution in [2.24, 2.45) is 0 Å². The van der Waals surface area contributed by atoms with Crippen LogP contribution in [0, 0.1) is 0 Å². The standard InChI is InChI=1S/C13H18ClN3O3S/c14-12-7-11(21(18,19)20)8-16-13(12)17(9-1-2-9)10-3-5-15-6-4-10/h7-10,15H,1-6H2,(H,18,19,20). The predicted molar refractivity (Wildman–Crippen MR) is 80.5 cm³/mol.